The van der Waals surface area contributed by atoms with Gasteiger partial charge in [0.05, 0.1) is 17.8 Å². The maximum absolute atomic E-state index is 12.7. The third-order valence-corrected chi connectivity index (χ3v) is 4.55. The van der Waals surface area contributed by atoms with Crippen LogP contribution in [-0.2, 0) is 9.53 Å². The van der Waals surface area contributed by atoms with Crippen LogP contribution in [0.1, 0.15) is 53.4 Å². The Labute approximate surface area is 116 Å². The first-order chi connectivity index (χ1) is 8.98. The van der Waals surface area contributed by atoms with Gasteiger partial charge < -0.3 is 9.64 Å². The predicted octanol–water partition coefficient (Wildman–Crippen LogP) is 2.14. The van der Waals surface area contributed by atoms with E-state index in [1.54, 1.807) is 0 Å². The van der Waals surface area contributed by atoms with Crippen molar-refractivity contribution in [2.45, 2.75) is 71.2 Å². The molecule has 2 aliphatic rings. The van der Waals surface area contributed by atoms with Crippen molar-refractivity contribution in [1.29, 1.82) is 0 Å². The van der Waals surface area contributed by atoms with Crippen molar-refractivity contribution in [3.05, 3.63) is 0 Å². The van der Waals surface area contributed by atoms with Gasteiger partial charge in [0.25, 0.3) is 0 Å². The van der Waals surface area contributed by atoms with Crippen molar-refractivity contribution < 1.29 is 9.53 Å². The standard InChI is InChI=1S/C15H28N2O2/c1-5-15(4)14(18)17(13(16-15)11(2)3)10-12-8-6-7-9-19-12/h11-13,16H,5-10H2,1-4H3. The van der Waals surface area contributed by atoms with E-state index in [-0.39, 0.29) is 18.2 Å². The number of carbonyl (C=O) groups is 1. The minimum absolute atomic E-state index is 0.142. The summed E-state index contributed by atoms with van der Waals surface area (Å²) in [6.45, 7) is 10.0. The molecule has 0 aliphatic carbocycles. The number of carbonyl (C=O) groups excluding carboxylic acids is 1. The minimum atomic E-state index is -0.399. The zero-order chi connectivity index (χ0) is 14.0. The van der Waals surface area contributed by atoms with Gasteiger partial charge >= 0.3 is 0 Å². The Morgan fingerprint density at radius 2 is 2.21 bits per heavy atom. The molecule has 2 saturated heterocycles. The van der Waals surface area contributed by atoms with Gasteiger partial charge in [-0.05, 0) is 38.5 Å². The first-order valence-electron chi connectivity index (χ1n) is 7.68. The summed E-state index contributed by atoms with van der Waals surface area (Å²) in [4.78, 5) is 14.7. The molecule has 110 valence electrons. The van der Waals surface area contributed by atoms with Crippen LogP contribution in [0.4, 0.5) is 0 Å². The highest BCUT2D eigenvalue weighted by Gasteiger charge is 2.48. The van der Waals surface area contributed by atoms with E-state index >= 15 is 0 Å². The molecule has 2 fully saturated rings. The van der Waals surface area contributed by atoms with Gasteiger partial charge in [0.1, 0.15) is 0 Å². The molecule has 2 aliphatic heterocycles. The number of nitrogens with one attached hydrogen (secondary N) is 1. The zero-order valence-corrected chi connectivity index (χ0v) is 12.7. The lowest BCUT2D eigenvalue weighted by atomic mass is 9.99. The molecular formula is C15H28N2O2. The van der Waals surface area contributed by atoms with E-state index in [0.717, 1.165) is 32.4 Å². The number of ether oxygens (including phenoxy) is 1. The van der Waals surface area contributed by atoms with Gasteiger partial charge in [0, 0.05) is 13.2 Å². The van der Waals surface area contributed by atoms with Crippen LogP contribution in [0, 0.1) is 5.92 Å². The van der Waals surface area contributed by atoms with Gasteiger partial charge in [0.2, 0.25) is 5.91 Å². The SMILES string of the molecule is CCC1(C)NC(C(C)C)N(CC2CCCCO2)C1=O. The third kappa shape index (κ3) is 2.95. The van der Waals surface area contributed by atoms with Gasteiger partial charge in [-0.1, -0.05) is 20.8 Å². The van der Waals surface area contributed by atoms with Gasteiger partial charge in [-0.25, -0.2) is 0 Å². The Morgan fingerprint density at radius 1 is 1.47 bits per heavy atom. The smallest absolute Gasteiger partial charge is 0.243 e. The van der Waals surface area contributed by atoms with Crippen molar-refractivity contribution in [1.82, 2.24) is 10.2 Å². The average Bonchev–Trinajstić information content (AvgIpc) is 2.66. The highest BCUT2D eigenvalue weighted by Crippen LogP contribution is 2.28. The number of rotatable bonds is 4. The highest BCUT2D eigenvalue weighted by atomic mass is 16.5. The predicted molar refractivity (Wildman–Crippen MR) is 75.8 cm³/mol. The van der Waals surface area contributed by atoms with E-state index in [0.29, 0.717) is 5.92 Å². The van der Waals surface area contributed by atoms with Crippen molar-refractivity contribution in [2.75, 3.05) is 13.2 Å². The van der Waals surface area contributed by atoms with E-state index < -0.39 is 5.54 Å². The molecule has 0 aromatic heterocycles. The molecule has 0 aromatic rings. The summed E-state index contributed by atoms with van der Waals surface area (Å²) in [5, 5.41) is 3.53. The van der Waals surface area contributed by atoms with E-state index in [1.807, 2.05) is 11.8 Å². The molecule has 0 aromatic carbocycles. The second kappa shape index (κ2) is 5.80. The van der Waals surface area contributed by atoms with Crippen LogP contribution in [0.25, 0.3) is 0 Å². The molecule has 3 atom stereocenters. The third-order valence-electron chi connectivity index (χ3n) is 4.55. The van der Waals surface area contributed by atoms with Crippen molar-refractivity contribution in [3.63, 3.8) is 0 Å². The fourth-order valence-corrected chi connectivity index (χ4v) is 3.06. The van der Waals surface area contributed by atoms with E-state index in [1.165, 1.54) is 6.42 Å². The first kappa shape index (κ1) is 14.8. The second-order valence-corrected chi connectivity index (χ2v) is 6.46. The normalized spacial score (nSPS) is 36.3. The van der Waals surface area contributed by atoms with Gasteiger partial charge in [-0.15, -0.1) is 0 Å². The zero-order valence-electron chi connectivity index (χ0n) is 12.7. The highest BCUT2D eigenvalue weighted by molar-refractivity contribution is 5.88. The molecular weight excluding hydrogens is 240 g/mol. The van der Waals surface area contributed by atoms with Crippen molar-refractivity contribution in [3.8, 4) is 0 Å². The molecule has 19 heavy (non-hydrogen) atoms. The van der Waals surface area contributed by atoms with Crippen molar-refractivity contribution in [2.24, 2.45) is 5.92 Å². The summed E-state index contributed by atoms with van der Waals surface area (Å²) in [7, 11) is 0. The summed E-state index contributed by atoms with van der Waals surface area (Å²) >= 11 is 0. The maximum atomic E-state index is 12.7. The van der Waals surface area contributed by atoms with Gasteiger partial charge in [0.15, 0.2) is 0 Å². The summed E-state index contributed by atoms with van der Waals surface area (Å²) in [6, 6.07) is 0. The second-order valence-electron chi connectivity index (χ2n) is 6.46. The number of amides is 1. The summed E-state index contributed by atoms with van der Waals surface area (Å²) in [5.41, 5.74) is -0.399. The van der Waals surface area contributed by atoms with Gasteiger partial charge in [-0.3, -0.25) is 10.1 Å². The molecule has 3 unspecified atom stereocenters. The lowest BCUT2D eigenvalue weighted by Gasteiger charge is -2.32. The molecule has 0 bridgehead atoms. The number of hydrogen-bond acceptors (Lipinski definition) is 3. The Kier molecular flexibility index (Phi) is 4.51. The Balaban J connectivity index is 2.08. The van der Waals surface area contributed by atoms with Crippen LogP contribution >= 0.6 is 0 Å². The fourth-order valence-electron chi connectivity index (χ4n) is 3.06. The van der Waals surface area contributed by atoms with Crippen LogP contribution in [0.3, 0.4) is 0 Å². The van der Waals surface area contributed by atoms with Crippen LogP contribution in [-0.4, -0.2) is 41.8 Å². The minimum Gasteiger partial charge on any atom is -0.376 e. The van der Waals surface area contributed by atoms with Crippen molar-refractivity contribution >= 4 is 5.91 Å². The molecule has 4 heteroatoms. The van der Waals surface area contributed by atoms with Gasteiger partial charge in [-0.2, -0.15) is 0 Å². The van der Waals surface area contributed by atoms with E-state index in [9.17, 15) is 4.79 Å². The molecule has 2 rings (SSSR count). The lowest BCUT2D eigenvalue weighted by molar-refractivity contribution is -0.136. The topological polar surface area (TPSA) is 41.6 Å². The Bertz CT molecular complexity index is 326. The molecule has 0 radical (unpaired) electrons. The fraction of sp³-hybridized carbons (Fsp3) is 0.933. The summed E-state index contributed by atoms with van der Waals surface area (Å²) < 4.78 is 5.80. The quantitative estimate of drug-likeness (QED) is 0.849. The maximum Gasteiger partial charge on any atom is 0.243 e. The molecule has 4 nitrogen and oxygen atoms in total. The molecule has 1 N–H and O–H groups in total. The monoisotopic (exact) mass is 268 g/mol. The van der Waals surface area contributed by atoms with Crippen LogP contribution in [0.2, 0.25) is 0 Å². The molecule has 2 heterocycles. The number of hydrogen-bond donors (Lipinski definition) is 1. The van der Waals surface area contributed by atoms with E-state index in [2.05, 4.69) is 26.1 Å². The van der Waals surface area contributed by atoms with Crippen LogP contribution in [0.15, 0.2) is 0 Å². The summed E-state index contributed by atoms with van der Waals surface area (Å²) in [6.07, 6.45) is 4.65. The number of nitrogens with zero attached hydrogens (tertiary/aromatic N) is 1. The molecule has 0 saturated carbocycles. The Morgan fingerprint density at radius 3 is 2.74 bits per heavy atom. The average molecular weight is 268 g/mol. The van der Waals surface area contributed by atoms with Crippen LogP contribution in [0.5, 0.6) is 0 Å². The van der Waals surface area contributed by atoms with E-state index in [4.69, 9.17) is 4.74 Å². The molecule has 1 amide bonds. The first-order valence-corrected chi connectivity index (χ1v) is 7.68. The lowest BCUT2D eigenvalue weighted by Crippen LogP contribution is -2.46. The largest absolute Gasteiger partial charge is 0.376 e. The summed E-state index contributed by atoms with van der Waals surface area (Å²) in [5.74, 6) is 0.656. The Hall–Kier alpha value is -0.610. The molecule has 0 spiro atoms. The van der Waals surface area contributed by atoms with Crippen LogP contribution < -0.4 is 5.32 Å².